The Morgan fingerprint density at radius 2 is 2.10 bits per heavy atom. The van der Waals surface area contributed by atoms with E-state index in [2.05, 4.69) is 0 Å². The lowest BCUT2D eigenvalue weighted by Gasteiger charge is -2.19. The Kier molecular flexibility index (Phi) is 6.89. The highest BCUT2D eigenvalue weighted by Crippen LogP contribution is 2.31. The maximum absolute atomic E-state index is 13.7. The first-order valence-corrected chi connectivity index (χ1v) is 6.39. The van der Waals surface area contributed by atoms with Gasteiger partial charge in [-0.2, -0.15) is 0 Å². The predicted molar refractivity (Wildman–Crippen MR) is 70.2 cm³/mol. The Labute approximate surface area is 116 Å². The van der Waals surface area contributed by atoms with Crippen molar-refractivity contribution in [3.8, 4) is 5.75 Å². The van der Waals surface area contributed by atoms with Crippen molar-refractivity contribution in [3.63, 3.8) is 0 Å². The molecule has 0 aliphatic rings. The first-order chi connectivity index (χ1) is 9.60. The van der Waals surface area contributed by atoms with Crippen molar-refractivity contribution in [1.82, 2.24) is 0 Å². The van der Waals surface area contributed by atoms with E-state index in [1.165, 1.54) is 12.1 Å². The Balaban J connectivity index is 2.84. The molecule has 1 aromatic carbocycles. The molecule has 1 atom stereocenters. The minimum Gasteiger partial charge on any atom is -0.455 e. The van der Waals surface area contributed by atoms with Gasteiger partial charge in [0.15, 0.2) is 5.82 Å². The maximum atomic E-state index is 13.7. The molecular formula is C13H18FNO5. The van der Waals surface area contributed by atoms with Crippen LogP contribution in [0.3, 0.4) is 0 Å². The highest BCUT2D eigenvalue weighted by Gasteiger charge is 2.23. The molecule has 0 aliphatic heterocycles. The van der Waals surface area contributed by atoms with E-state index in [1.54, 1.807) is 6.92 Å². The van der Waals surface area contributed by atoms with Gasteiger partial charge in [0.05, 0.1) is 11.5 Å². The molecule has 1 rings (SSSR count). The second kappa shape index (κ2) is 8.44. The standard InChI is InChI=1S/C13H18FNO5/c1-3-18-9-8-12(19-4-2)20-13-10(14)6-5-7-11(13)15(16)17/h5-7,12H,3-4,8-9H2,1-2H3. The molecule has 0 spiro atoms. The normalized spacial score (nSPS) is 12.2. The Hall–Kier alpha value is -1.73. The highest BCUT2D eigenvalue weighted by molar-refractivity contribution is 5.46. The summed E-state index contributed by atoms with van der Waals surface area (Å²) < 4.78 is 29.4. The summed E-state index contributed by atoms with van der Waals surface area (Å²) in [6.07, 6.45) is -0.435. The van der Waals surface area contributed by atoms with Gasteiger partial charge in [-0.15, -0.1) is 0 Å². The van der Waals surface area contributed by atoms with Crippen LogP contribution in [0.5, 0.6) is 5.75 Å². The Morgan fingerprint density at radius 1 is 1.35 bits per heavy atom. The molecule has 1 unspecified atom stereocenters. The van der Waals surface area contributed by atoms with E-state index in [4.69, 9.17) is 14.2 Å². The Bertz CT molecular complexity index is 441. The molecule has 0 bridgehead atoms. The van der Waals surface area contributed by atoms with E-state index < -0.39 is 28.5 Å². The lowest BCUT2D eigenvalue weighted by molar-refractivity contribution is -0.386. The average Bonchev–Trinajstić information content (AvgIpc) is 2.41. The number of nitro benzene ring substituents is 1. The lowest BCUT2D eigenvalue weighted by Crippen LogP contribution is -2.23. The highest BCUT2D eigenvalue weighted by atomic mass is 19.1. The first-order valence-electron chi connectivity index (χ1n) is 6.39. The summed E-state index contributed by atoms with van der Waals surface area (Å²) in [5, 5.41) is 10.9. The van der Waals surface area contributed by atoms with Gasteiger partial charge in [0.25, 0.3) is 0 Å². The van der Waals surface area contributed by atoms with Crippen molar-refractivity contribution in [2.75, 3.05) is 19.8 Å². The fraction of sp³-hybridized carbons (Fsp3) is 0.538. The molecule has 0 amide bonds. The van der Waals surface area contributed by atoms with Crippen LogP contribution in [0.2, 0.25) is 0 Å². The number of hydrogen-bond donors (Lipinski definition) is 0. The van der Waals surface area contributed by atoms with Crippen molar-refractivity contribution < 1.29 is 23.5 Å². The fourth-order valence-corrected chi connectivity index (χ4v) is 1.58. The van der Waals surface area contributed by atoms with Crippen LogP contribution in [0.25, 0.3) is 0 Å². The monoisotopic (exact) mass is 287 g/mol. The number of rotatable bonds is 9. The summed E-state index contributed by atoms with van der Waals surface area (Å²) in [7, 11) is 0. The summed E-state index contributed by atoms with van der Waals surface area (Å²) >= 11 is 0. The summed E-state index contributed by atoms with van der Waals surface area (Å²) in [6.45, 7) is 4.85. The quantitative estimate of drug-likeness (QED) is 0.302. The van der Waals surface area contributed by atoms with Crippen LogP contribution in [0.4, 0.5) is 10.1 Å². The molecule has 0 heterocycles. The van der Waals surface area contributed by atoms with E-state index in [1.807, 2.05) is 6.92 Å². The van der Waals surface area contributed by atoms with Gasteiger partial charge < -0.3 is 14.2 Å². The molecule has 112 valence electrons. The number of para-hydroxylation sites is 1. The summed E-state index contributed by atoms with van der Waals surface area (Å²) in [5.74, 6) is -1.20. The van der Waals surface area contributed by atoms with Crippen LogP contribution < -0.4 is 4.74 Å². The molecule has 0 saturated carbocycles. The van der Waals surface area contributed by atoms with Crippen molar-refractivity contribution in [2.45, 2.75) is 26.6 Å². The SMILES string of the molecule is CCOCCC(OCC)Oc1c(F)cccc1[N+](=O)[O-]. The molecule has 0 N–H and O–H groups in total. The van der Waals surface area contributed by atoms with Gasteiger partial charge in [-0.25, -0.2) is 4.39 Å². The third kappa shape index (κ3) is 4.75. The van der Waals surface area contributed by atoms with E-state index in [9.17, 15) is 14.5 Å². The molecule has 1 aromatic rings. The van der Waals surface area contributed by atoms with E-state index in [-0.39, 0.29) is 0 Å². The van der Waals surface area contributed by atoms with Gasteiger partial charge in [0.1, 0.15) is 0 Å². The molecule has 6 nitrogen and oxygen atoms in total. The third-order valence-electron chi connectivity index (χ3n) is 2.45. The van der Waals surface area contributed by atoms with Gasteiger partial charge >= 0.3 is 5.69 Å². The van der Waals surface area contributed by atoms with Crippen LogP contribution in [0.15, 0.2) is 18.2 Å². The fourth-order valence-electron chi connectivity index (χ4n) is 1.58. The number of ether oxygens (including phenoxy) is 3. The number of nitrogens with zero attached hydrogens (tertiary/aromatic N) is 1. The van der Waals surface area contributed by atoms with E-state index in [0.29, 0.717) is 26.2 Å². The maximum Gasteiger partial charge on any atom is 0.314 e. The van der Waals surface area contributed by atoms with E-state index in [0.717, 1.165) is 6.07 Å². The van der Waals surface area contributed by atoms with Gasteiger partial charge in [0, 0.05) is 25.7 Å². The largest absolute Gasteiger partial charge is 0.455 e. The van der Waals surface area contributed by atoms with Gasteiger partial charge in [-0.3, -0.25) is 10.1 Å². The summed E-state index contributed by atoms with van der Waals surface area (Å²) in [4.78, 5) is 10.2. The topological polar surface area (TPSA) is 70.8 Å². The second-order valence-corrected chi connectivity index (χ2v) is 3.83. The van der Waals surface area contributed by atoms with Crippen LogP contribution in [0, 0.1) is 15.9 Å². The average molecular weight is 287 g/mol. The van der Waals surface area contributed by atoms with Crippen LogP contribution in [0.1, 0.15) is 20.3 Å². The van der Waals surface area contributed by atoms with Crippen molar-refractivity contribution in [1.29, 1.82) is 0 Å². The number of halogens is 1. The van der Waals surface area contributed by atoms with Gasteiger partial charge in [-0.1, -0.05) is 6.07 Å². The predicted octanol–water partition coefficient (Wildman–Crippen LogP) is 2.90. The number of benzene rings is 1. The van der Waals surface area contributed by atoms with Crippen LogP contribution in [-0.4, -0.2) is 31.0 Å². The molecule has 7 heteroatoms. The van der Waals surface area contributed by atoms with Crippen molar-refractivity contribution in [2.24, 2.45) is 0 Å². The zero-order chi connectivity index (χ0) is 15.0. The van der Waals surface area contributed by atoms with Gasteiger partial charge in [-0.05, 0) is 19.9 Å². The van der Waals surface area contributed by atoms with Crippen molar-refractivity contribution in [3.05, 3.63) is 34.1 Å². The van der Waals surface area contributed by atoms with Crippen molar-refractivity contribution >= 4 is 5.69 Å². The lowest BCUT2D eigenvalue weighted by atomic mass is 10.3. The van der Waals surface area contributed by atoms with Crippen LogP contribution in [-0.2, 0) is 9.47 Å². The van der Waals surface area contributed by atoms with Crippen LogP contribution >= 0.6 is 0 Å². The minimum atomic E-state index is -0.791. The number of hydrogen-bond acceptors (Lipinski definition) is 5. The smallest absolute Gasteiger partial charge is 0.314 e. The molecule has 0 saturated heterocycles. The summed E-state index contributed by atoms with van der Waals surface area (Å²) in [5.41, 5.74) is -0.425. The minimum absolute atomic E-state index is 0.346. The molecule has 0 fully saturated rings. The molecule has 0 radical (unpaired) electrons. The summed E-state index contributed by atoms with van der Waals surface area (Å²) in [6, 6.07) is 3.55. The first kappa shape index (κ1) is 16.3. The Morgan fingerprint density at radius 3 is 2.70 bits per heavy atom. The van der Waals surface area contributed by atoms with Gasteiger partial charge in [0.2, 0.25) is 12.0 Å². The zero-order valence-electron chi connectivity index (χ0n) is 11.5. The molecule has 20 heavy (non-hydrogen) atoms. The molecular weight excluding hydrogens is 269 g/mol. The molecule has 0 aromatic heterocycles. The zero-order valence-corrected chi connectivity index (χ0v) is 11.5. The third-order valence-corrected chi connectivity index (χ3v) is 2.45. The van der Waals surface area contributed by atoms with E-state index >= 15 is 0 Å². The second-order valence-electron chi connectivity index (χ2n) is 3.83. The number of nitro groups is 1. The molecule has 0 aliphatic carbocycles.